The molecule has 1 aromatic carbocycles. The van der Waals surface area contributed by atoms with Crippen LogP contribution in [-0.2, 0) is 6.42 Å². The van der Waals surface area contributed by atoms with Gasteiger partial charge in [-0.1, -0.05) is 6.07 Å². The highest BCUT2D eigenvalue weighted by molar-refractivity contribution is 7.09. The number of amides is 1. The molecule has 0 atom stereocenters. The molecule has 20 heavy (non-hydrogen) atoms. The van der Waals surface area contributed by atoms with Gasteiger partial charge in [0.25, 0.3) is 5.69 Å². The third kappa shape index (κ3) is 3.33. The van der Waals surface area contributed by atoms with Crippen molar-refractivity contribution in [3.63, 3.8) is 0 Å². The molecule has 2 aromatic rings. The standard InChI is InChI=1S/C13H13N3O3S/c14-13(17)9-3-4-11(12(8-9)16(18)19)15-6-5-10-2-1-7-20-10/h1-4,7-8,15H,5-6H2,(H2,14,17). The molecule has 0 saturated carbocycles. The Kier molecular flexibility index (Phi) is 4.31. The van der Waals surface area contributed by atoms with E-state index in [0.29, 0.717) is 12.2 Å². The van der Waals surface area contributed by atoms with Crippen molar-refractivity contribution in [2.45, 2.75) is 6.42 Å². The molecule has 0 aliphatic carbocycles. The monoisotopic (exact) mass is 291 g/mol. The summed E-state index contributed by atoms with van der Waals surface area (Å²) in [5.41, 5.74) is 5.48. The van der Waals surface area contributed by atoms with E-state index in [9.17, 15) is 14.9 Å². The minimum absolute atomic E-state index is 0.125. The predicted octanol–water partition coefficient (Wildman–Crippen LogP) is 2.41. The van der Waals surface area contributed by atoms with Crippen LogP contribution in [0.5, 0.6) is 0 Å². The Balaban J connectivity index is 2.10. The number of hydrogen-bond donors (Lipinski definition) is 2. The van der Waals surface area contributed by atoms with Crippen molar-refractivity contribution < 1.29 is 9.72 Å². The van der Waals surface area contributed by atoms with E-state index in [1.807, 2.05) is 17.5 Å². The van der Waals surface area contributed by atoms with E-state index in [1.54, 1.807) is 11.3 Å². The van der Waals surface area contributed by atoms with E-state index in [1.165, 1.54) is 23.1 Å². The number of nitrogens with two attached hydrogens (primary N) is 1. The van der Waals surface area contributed by atoms with E-state index in [-0.39, 0.29) is 11.3 Å². The summed E-state index contributed by atoms with van der Waals surface area (Å²) >= 11 is 1.64. The highest BCUT2D eigenvalue weighted by Crippen LogP contribution is 2.25. The minimum Gasteiger partial charge on any atom is -0.379 e. The molecule has 1 heterocycles. The first-order valence-corrected chi connectivity index (χ1v) is 6.80. The first kappa shape index (κ1) is 14.0. The van der Waals surface area contributed by atoms with Gasteiger partial charge in [0.2, 0.25) is 5.91 Å². The quantitative estimate of drug-likeness (QED) is 0.630. The van der Waals surface area contributed by atoms with Crippen molar-refractivity contribution in [1.82, 2.24) is 0 Å². The fourth-order valence-electron chi connectivity index (χ4n) is 1.76. The highest BCUT2D eigenvalue weighted by Gasteiger charge is 2.16. The summed E-state index contributed by atoms with van der Waals surface area (Å²) in [4.78, 5) is 22.7. The van der Waals surface area contributed by atoms with Gasteiger partial charge in [0.15, 0.2) is 0 Å². The molecule has 7 heteroatoms. The maximum atomic E-state index is 11.0. The van der Waals surface area contributed by atoms with Gasteiger partial charge in [-0.2, -0.15) is 0 Å². The van der Waals surface area contributed by atoms with Crippen LogP contribution in [0.1, 0.15) is 15.2 Å². The van der Waals surface area contributed by atoms with Crippen LogP contribution < -0.4 is 11.1 Å². The summed E-state index contributed by atoms with van der Waals surface area (Å²) in [6.07, 6.45) is 0.784. The maximum Gasteiger partial charge on any atom is 0.293 e. The average Bonchev–Trinajstić information content (AvgIpc) is 2.91. The number of primary amides is 1. The van der Waals surface area contributed by atoms with Crippen molar-refractivity contribution >= 4 is 28.6 Å². The summed E-state index contributed by atoms with van der Waals surface area (Å²) in [6.45, 7) is 0.581. The minimum atomic E-state index is -0.682. The van der Waals surface area contributed by atoms with Gasteiger partial charge in [-0.3, -0.25) is 14.9 Å². The smallest absolute Gasteiger partial charge is 0.293 e. The van der Waals surface area contributed by atoms with E-state index < -0.39 is 10.8 Å². The van der Waals surface area contributed by atoms with Gasteiger partial charge in [-0.05, 0) is 30.0 Å². The Morgan fingerprint density at radius 2 is 2.20 bits per heavy atom. The molecule has 0 radical (unpaired) electrons. The predicted molar refractivity (Wildman–Crippen MR) is 78.1 cm³/mol. The van der Waals surface area contributed by atoms with Crippen LogP contribution in [0.2, 0.25) is 0 Å². The Bertz CT molecular complexity index is 626. The molecule has 2 rings (SSSR count). The lowest BCUT2D eigenvalue weighted by Crippen LogP contribution is -2.12. The van der Waals surface area contributed by atoms with Crippen LogP contribution in [0.3, 0.4) is 0 Å². The van der Waals surface area contributed by atoms with Gasteiger partial charge in [-0.25, -0.2) is 0 Å². The van der Waals surface area contributed by atoms with Crippen molar-refractivity contribution in [2.75, 3.05) is 11.9 Å². The van der Waals surface area contributed by atoms with Crippen LogP contribution in [0.4, 0.5) is 11.4 Å². The molecule has 0 unspecified atom stereocenters. The van der Waals surface area contributed by atoms with E-state index in [2.05, 4.69) is 5.32 Å². The van der Waals surface area contributed by atoms with Crippen molar-refractivity contribution in [2.24, 2.45) is 5.73 Å². The van der Waals surface area contributed by atoms with Crippen molar-refractivity contribution in [3.8, 4) is 0 Å². The number of thiophene rings is 1. The number of anilines is 1. The number of nitro benzene ring substituents is 1. The molecule has 6 nitrogen and oxygen atoms in total. The first-order valence-electron chi connectivity index (χ1n) is 5.92. The number of rotatable bonds is 6. The molecule has 1 amide bonds. The summed E-state index contributed by atoms with van der Waals surface area (Å²) < 4.78 is 0. The second kappa shape index (κ2) is 6.16. The Morgan fingerprint density at radius 3 is 2.80 bits per heavy atom. The van der Waals surface area contributed by atoms with Crippen LogP contribution in [0.15, 0.2) is 35.7 Å². The first-order chi connectivity index (χ1) is 9.58. The normalized spacial score (nSPS) is 10.2. The molecule has 3 N–H and O–H groups in total. The third-order valence-corrected chi connectivity index (χ3v) is 3.68. The molecule has 104 valence electrons. The van der Waals surface area contributed by atoms with Gasteiger partial charge in [-0.15, -0.1) is 11.3 Å². The molecule has 0 fully saturated rings. The number of benzene rings is 1. The second-order valence-electron chi connectivity index (χ2n) is 4.11. The molecule has 1 aromatic heterocycles. The SMILES string of the molecule is NC(=O)c1ccc(NCCc2cccs2)c([N+](=O)[O-])c1. The summed E-state index contributed by atoms with van der Waals surface area (Å²) in [6, 6.07) is 8.15. The second-order valence-corrected chi connectivity index (χ2v) is 5.14. The van der Waals surface area contributed by atoms with E-state index >= 15 is 0 Å². The van der Waals surface area contributed by atoms with Gasteiger partial charge in [0.1, 0.15) is 5.69 Å². The van der Waals surface area contributed by atoms with Crippen molar-refractivity contribution in [3.05, 3.63) is 56.3 Å². The van der Waals surface area contributed by atoms with Crippen molar-refractivity contribution in [1.29, 1.82) is 0 Å². The van der Waals surface area contributed by atoms with Gasteiger partial charge in [0, 0.05) is 23.1 Å². The zero-order valence-electron chi connectivity index (χ0n) is 10.5. The third-order valence-electron chi connectivity index (χ3n) is 2.75. The molecular weight excluding hydrogens is 278 g/mol. The van der Waals surface area contributed by atoms with Crippen LogP contribution in [0, 0.1) is 10.1 Å². The maximum absolute atomic E-state index is 11.0. The van der Waals surface area contributed by atoms with Crippen LogP contribution in [-0.4, -0.2) is 17.4 Å². The number of nitro groups is 1. The lowest BCUT2D eigenvalue weighted by Gasteiger charge is -2.07. The highest BCUT2D eigenvalue weighted by atomic mass is 32.1. The fourth-order valence-corrected chi connectivity index (χ4v) is 2.47. The zero-order valence-corrected chi connectivity index (χ0v) is 11.4. The summed E-state index contributed by atoms with van der Waals surface area (Å²) in [5, 5.41) is 16.0. The molecule has 0 bridgehead atoms. The number of hydrogen-bond acceptors (Lipinski definition) is 5. The molecule has 0 saturated heterocycles. The van der Waals surface area contributed by atoms with Gasteiger partial charge in [0.05, 0.1) is 4.92 Å². The summed E-state index contributed by atoms with van der Waals surface area (Å²) in [7, 11) is 0. The lowest BCUT2D eigenvalue weighted by atomic mass is 10.1. The topological polar surface area (TPSA) is 98.3 Å². The molecular formula is C13H13N3O3S. The average molecular weight is 291 g/mol. The zero-order chi connectivity index (χ0) is 14.5. The van der Waals surface area contributed by atoms with Gasteiger partial charge >= 0.3 is 0 Å². The number of carbonyl (C=O) groups excluding carboxylic acids is 1. The largest absolute Gasteiger partial charge is 0.379 e. The van der Waals surface area contributed by atoms with Gasteiger partial charge < -0.3 is 11.1 Å². The molecule has 0 aliphatic rings. The Hall–Kier alpha value is -2.41. The van der Waals surface area contributed by atoms with Crippen LogP contribution in [0.25, 0.3) is 0 Å². The summed E-state index contributed by atoms with van der Waals surface area (Å²) in [5.74, 6) is -0.682. The number of carbonyl (C=O) groups is 1. The lowest BCUT2D eigenvalue weighted by molar-refractivity contribution is -0.384. The Morgan fingerprint density at radius 1 is 1.40 bits per heavy atom. The number of nitrogens with zero attached hydrogens (tertiary/aromatic N) is 1. The number of nitrogens with one attached hydrogen (secondary N) is 1. The fraction of sp³-hybridized carbons (Fsp3) is 0.154. The van der Waals surface area contributed by atoms with E-state index in [4.69, 9.17) is 5.73 Å². The Labute approximate surface area is 119 Å². The van der Waals surface area contributed by atoms with Crippen LogP contribution >= 0.6 is 11.3 Å². The molecule has 0 aliphatic heterocycles. The van der Waals surface area contributed by atoms with E-state index in [0.717, 1.165) is 6.42 Å². The molecule has 0 spiro atoms.